The van der Waals surface area contributed by atoms with Crippen LogP contribution in [0.3, 0.4) is 0 Å². The average molecular weight is 506 g/mol. The molecule has 0 aliphatic heterocycles. The molecular weight excluding hydrogens is 484 g/mol. The normalized spacial score (nSPS) is 12.8. The molecule has 0 spiro atoms. The van der Waals surface area contributed by atoms with Gasteiger partial charge in [-0.15, -0.1) is 0 Å². The minimum atomic E-state index is -1.20. The summed E-state index contributed by atoms with van der Waals surface area (Å²) in [6, 6.07) is 4.63. The summed E-state index contributed by atoms with van der Waals surface area (Å²) in [5.41, 5.74) is 5.72. The first-order chi connectivity index (χ1) is 16.8. The van der Waals surface area contributed by atoms with E-state index >= 15 is 4.39 Å². The molecule has 35 heavy (non-hydrogen) atoms. The zero-order chi connectivity index (χ0) is 25.1. The van der Waals surface area contributed by atoms with Gasteiger partial charge >= 0.3 is 6.03 Å². The Hall–Kier alpha value is -3.70. The molecule has 1 fully saturated rings. The number of amides is 3. The molecule has 0 atom stereocenters. The number of urea groups is 1. The molecule has 3 amide bonds. The quantitative estimate of drug-likeness (QED) is 0.343. The second-order valence-corrected chi connectivity index (χ2v) is 8.14. The smallest absolute Gasteiger partial charge is 0.319 e. The summed E-state index contributed by atoms with van der Waals surface area (Å²) >= 11 is 6.05. The minimum absolute atomic E-state index is 0.0200. The van der Waals surface area contributed by atoms with E-state index < -0.39 is 34.3 Å². The van der Waals surface area contributed by atoms with Crippen molar-refractivity contribution in [3.05, 3.63) is 52.7 Å². The van der Waals surface area contributed by atoms with Crippen molar-refractivity contribution >= 4 is 40.1 Å². The molecular formula is C23H22ClF2N5O4. The van der Waals surface area contributed by atoms with Gasteiger partial charge in [0.2, 0.25) is 0 Å². The maximum Gasteiger partial charge on any atom is 0.319 e. The summed E-state index contributed by atoms with van der Waals surface area (Å²) in [7, 11) is 1.40. The van der Waals surface area contributed by atoms with Gasteiger partial charge in [-0.2, -0.15) is 0 Å². The zero-order valence-electron chi connectivity index (χ0n) is 18.6. The fourth-order valence-corrected chi connectivity index (χ4v) is 3.50. The molecule has 5 N–H and O–H groups in total. The highest BCUT2D eigenvalue weighted by molar-refractivity contribution is 6.34. The molecule has 1 saturated carbocycles. The number of methoxy groups -OCH3 is 1. The molecule has 1 heterocycles. The molecule has 184 valence electrons. The second kappa shape index (κ2) is 10.3. The molecule has 0 unspecified atom stereocenters. The summed E-state index contributed by atoms with van der Waals surface area (Å²) < 4.78 is 40.7. The van der Waals surface area contributed by atoms with Crippen molar-refractivity contribution in [1.82, 2.24) is 15.6 Å². The van der Waals surface area contributed by atoms with Crippen molar-refractivity contribution in [2.24, 2.45) is 5.73 Å². The van der Waals surface area contributed by atoms with E-state index in [0.717, 1.165) is 18.9 Å². The predicted molar refractivity (Wildman–Crippen MR) is 126 cm³/mol. The Morgan fingerprint density at radius 3 is 2.69 bits per heavy atom. The topological polar surface area (TPSA) is 128 Å². The molecule has 0 saturated heterocycles. The maximum absolute atomic E-state index is 15.0. The van der Waals surface area contributed by atoms with Gasteiger partial charge < -0.3 is 31.2 Å². The number of fused-ring (bicyclic) bond motifs is 1. The van der Waals surface area contributed by atoms with Gasteiger partial charge in [-0.3, -0.25) is 9.78 Å². The molecule has 1 aliphatic rings. The van der Waals surface area contributed by atoms with Crippen LogP contribution < -0.4 is 31.2 Å². The number of nitrogens with zero attached hydrogens (tertiary/aromatic N) is 1. The van der Waals surface area contributed by atoms with E-state index in [4.69, 9.17) is 26.8 Å². The SMILES string of the molecule is COc1cc2nccc(Oc3c(F)cc(NC(=O)NC4CC4)c(Cl)c3F)c2cc1C(=O)NCCN. The Balaban J connectivity index is 1.68. The van der Waals surface area contributed by atoms with Gasteiger partial charge in [0.05, 0.1) is 23.9 Å². The van der Waals surface area contributed by atoms with Crippen molar-refractivity contribution in [1.29, 1.82) is 0 Å². The highest BCUT2D eigenvalue weighted by Gasteiger charge is 2.26. The highest BCUT2D eigenvalue weighted by Crippen LogP contribution is 2.39. The van der Waals surface area contributed by atoms with Crippen LogP contribution in [0.5, 0.6) is 17.2 Å². The average Bonchev–Trinajstić information content (AvgIpc) is 3.66. The first kappa shape index (κ1) is 24.4. The van der Waals surface area contributed by atoms with Crippen LogP contribution in [0.25, 0.3) is 10.9 Å². The van der Waals surface area contributed by atoms with Crippen LogP contribution >= 0.6 is 11.6 Å². The van der Waals surface area contributed by atoms with Gasteiger partial charge in [-0.25, -0.2) is 13.6 Å². The molecule has 0 radical (unpaired) electrons. The van der Waals surface area contributed by atoms with Gasteiger partial charge in [-0.1, -0.05) is 11.6 Å². The van der Waals surface area contributed by atoms with Crippen molar-refractivity contribution in [2.75, 3.05) is 25.5 Å². The first-order valence-corrected chi connectivity index (χ1v) is 11.1. The number of pyridine rings is 1. The van der Waals surface area contributed by atoms with Crippen molar-refractivity contribution in [3.63, 3.8) is 0 Å². The van der Waals surface area contributed by atoms with Crippen LogP contribution in [0.2, 0.25) is 5.02 Å². The Kier molecular flexibility index (Phi) is 7.17. The number of halogens is 3. The number of rotatable bonds is 8. The molecule has 3 aromatic rings. The third kappa shape index (κ3) is 5.36. The van der Waals surface area contributed by atoms with E-state index in [0.29, 0.717) is 10.9 Å². The lowest BCUT2D eigenvalue weighted by molar-refractivity contribution is 0.0952. The fraction of sp³-hybridized carbons (Fsp3) is 0.261. The second-order valence-electron chi connectivity index (χ2n) is 7.76. The number of anilines is 1. The number of aromatic nitrogens is 1. The molecule has 0 bridgehead atoms. The Morgan fingerprint density at radius 2 is 2.00 bits per heavy atom. The largest absolute Gasteiger partial charge is 0.496 e. The number of ether oxygens (including phenoxy) is 2. The number of hydrogen-bond donors (Lipinski definition) is 4. The summed E-state index contributed by atoms with van der Waals surface area (Å²) in [5.74, 6) is -3.26. The van der Waals surface area contributed by atoms with E-state index in [1.54, 1.807) is 0 Å². The lowest BCUT2D eigenvalue weighted by atomic mass is 10.1. The maximum atomic E-state index is 15.0. The summed E-state index contributed by atoms with van der Waals surface area (Å²) in [4.78, 5) is 28.7. The van der Waals surface area contributed by atoms with Crippen LogP contribution in [0.1, 0.15) is 23.2 Å². The van der Waals surface area contributed by atoms with Crippen molar-refractivity contribution < 1.29 is 27.8 Å². The van der Waals surface area contributed by atoms with Gasteiger partial charge in [0.1, 0.15) is 16.5 Å². The van der Waals surface area contributed by atoms with Crippen LogP contribution in [-0.2, 0) is 0 Å². The Labute approximate surface area is 203 Å². The Morgan fingerprint density at radius 1 is 1.23 bits per heavy atom. The van der Waals surface area contributed by atoms with E-state index in [1.807, 2.05) is 0 Å². The van der Waals surface area contributed by atoms with E-state index in [2.05, 4.69) is 20.9 Å². The van der Waals surface area contributed by atoms with E-state index in [-0.39, 0.29) is 41.9 Å². The van der Waals surface area contributed by atoms with Crippen LogP contribution in [-0.4, -0.2) is 43.2 Å². The van der Waals surface area contributed by atoms with Crippen molar-refractivity contribution in [2.45, 2.75) is 18.9 Å². The molecule has 12 heteroatoms. The summed E-state index contributed by atoms with van der Waals surface area (Å²) in [6.45, 7) is 0.481. The Bertz CT molecular complexity index is 1300. The minimum Gasteiger partial charge on any atom is -0.496 e. The van der Waals surface area contributed by atoms with Gasteiger partial charge in [0, 0.05) is 42.8 Å². The number of hydrogen-bond acceptors (Lipinski definition) is 6. The lowest BCUT2D eigenvalue weighted by Crippen LogP contribution is -2.30. The highest BCUT2D eigenvalue weighted by atomic mass is 35.5. The third-order valence-electron chi connectivity index (χ3n) is 5.19. The zero-order valence-corrected chi connectivity index (χ0v) is 19.3. The number of carbonyl (C=O) groups excluding carboxylic acids is 2. The molecule has 9 nitrogen and oxygen atoms in total. The number of carbonyl (C=O) groups is 2. The van der Waals surface area contributed by atoms with E-state index in [1.165, 1.54) is 31.5 Å². The van der Waals surface area contributed by atoms with Gasteiger partial charge in [-0.05, 0) is 25.0 Å². The standard InChI is InChI=1S/C23H22ClF2N5O4/c1-34-18-10-15-12(8-13(18)22(32)29-7-5-27)17(4-6-28-15)35-21-14(25)9-16(19(24)20(21)26)31-23(33)30-11-2-3-11/h4,6,8-11H,2-3,5,7,27H2,1H3,(H,29,32)(H2,30,31,33). The molecule has 1 aromatic heterocycles. The number of nitrogens with two attached hydrogens (primary N) is 1. The lowest BCUT2D eigenvalue weighted by Gasteiger charge is -2.15. The monoisotopic (exact) mass is 505 g/mol. The molecule has 2 aromatic carbocycles. The molecule has 1 aliphatic carbocycles. The first-order valence-electron chi connectivity index (χ1n) is 10.7. The summed E-state index contributed by atoms with van der Waals surface area (Å²) in [6.07, 6.45) is 3.07. The fourth-order valence-electron chi connectivity index (χ4n) is 3.31. The van der Waals surface area contributed by atoms with Crippen LogP contribution in [0.4, 0.5) is 19.3 Å². The third-order valence-corrected chi connectivity index (χ3v) is 5.56. The van der Waals surface area contributed by atoms with Gasteiger partial charge in [0.15, 0.2) is 17.4 Å². The number of benzene rings is 2. The van der Waals surface area contributed by atoms with Crippen molar-refractivity contribution in [3.8, 4) is 17.2 Å². The molecule has 4 rings (SSSR count). The summed E-state index contributed by atoms with van der Waals surface area (Å²) in [5, 5.41) is 7.39. The van der Waals surface area contributed by atoms with E-state index in [9.17, 15) is 14.0 Å². The number of nitrogens with one attached hydrogen (secondary N) is 3. The van der Waals surface area contributed by atoms with Crippen LogP contribution in [0, 0.1) is 11.6 Å². The van der Waals surface area contributed by atoms with Gasteiger partial charge in [0.25, 0.3) is 5.91 Å². The predicted octanol–water partition coefficient (Wildman–Crippen LogP) is 3.94. The van der Waals surface area contributed by atoms with Crippen LogP contribution in [0.15, 0.2) is 30.5 Å².